The van der Waals surface area contributed by atoms with Gasteiger partial charge in [-0.2, -0.15) is 0 Å². The number of benzene rings is 1. The molecule has 0 aromatic heterocycles. The van der Waals surface area contributed by atoms with Gasteiger partial charge in [-0.1, -0.05) is 58.1 Å². The van der Waals surface area contributed by atoms with Crippen LogP contribution in [0.25, 0.3) is 0 Å². The van der Waals surface area contributed by atoms with Crippen molar-refractivity contribution in [2.75, 3.05) is 6.54 Å². The third-order valence-corrected chi connectivity index (χ3v) is 9.94. The quantitative estimate of drug-likeness (QED) is 0.245. The molecule has 1 amide bonds. The predicted molar refractivity (Wildman–Crippen MR) is 170 cm³/mol. The number of carbonyl (C=O) groups excluding carboxylic acids is 3. The number of allylic oxidation sites excluding steroid dienone is 3. The van der Waals surface area contributed by atoms with E-state index in [1.807, 2.05) is 51.1 Å². The van der Waals surface area contributed by atoms with Crippen molar-refractivity contribution >= 4 is 17.7 Å². The van der Waals surface area contributed by atoms with Crippen molar-refractivity contribution in [1.29, 1.82) is 0 Å². The predicted octanol–water partition coefficient (Wildman–Crippen LogP) is 4.87. The van der Waals surface area contributed by atoms with Crippen molar-refractivity contribution in [1.82, 2.24) is 4.90 Å². The van der Waals surface area contributed by atoms with Gasteiger partial charge in [0.15, 0.2) is 0 Å². The summed E-state index contributed by atoms with van der Waals surface area (Å²) < 4.78 is 12.2. The molecule has 45 heavy (non-hydrogen) atoms. The lowest BCUT2D eigenvalue weighted by Gasteiger charge is -2.40. The van der Waals surface area contributed by atoms with E-state index in [1.54, 1.807) is 25.1 Å². The first-order valence-corrected chi connectivity index (χ1v) is 16.7. The molecule has 0 saturated carbocycles. The number of ketones is 1. The molecule has 0 unspecified atom stereocenters. The Bertz CT molecular complexity index is 1250. The summed E-state index contributed by atoms with van der Waals surface area (Å²) in [6.07, 6.45) is 10.6. The summed E-state index contributed by atoms with van der Waals surface area (Å²) in [6, 6.07) is 6.04. The van der Waals surface area contributed by atoms with E-state index in [4.69, 9.17) is 9.47 Å². The van der Waals surface area contributed by atoms with Crippen LogP contribution in [0.1, 0.15) is 84.6 Å². The molecule has 2 fully saturated rings. The average molecular weight is 626 g/mol. The van der Waals surface area contributed by atoms with Crippen LogP contribution in [0.5, 0.6) is 5.75 Å². The van der Waals surface area contributed by atoms with Crippen LogP contribution in [0.4, 0.5) is 0 Å². The molecular formula is C36H51NO8. The second kappa shape index (κ2) is 15.5. The first-order valence-electron chi connectivity index (χ1n) is 16.7. The van der Waals surface area contributed by atoms with Crippen LogP contribution < -0.4 is 0 Å². The third-order valence-electron chi connectivity index (χ3n) is 9.94. The van der Waals surface area contributed by atoms with E-state index < -0.39 is 59.6 Å². The summed E-state index contributed by atoms with van der Waals surface area (Å²) in [5, 5.41) is 33.1. The zero-order chi connectivity index (χ0) is 32.7. The van der Waals surface area contributed by atoms with Crippen LogP contribution in [0.2, 0.25) is 0 Å². The van der Waals surface area contributed by atoms with E-state index in [1.165, 1.54) is 4.90 Å². The average Bonchev–Trinajstić information content (AvgIpc) is 3.15. The van der Waals surface area contributed by atoms with Gasteiger partial charge in [-0.3, -0.25) is 9.59 Å². The maximum Gasteiger partial charge on any atom is 0.329 e. The molecule has 3 heterocycles. The number of piperidine rings is 1. The number of rotatable bonds is 4. The molecule has 4 rings (SSSR count). The van der Waals surface area contributed by atoms with Crippen molar-refractivity contribution < 1.29 is 39.2 Å². The minimum absolute atomic E-state index is 0.108. The molecule has 1 aromatic rings. The summed E-state index contributed by atoms with van der Waals surface area (Å²) in [5.74, 6) is -6.18. The normalized spacial score (nSPS) is 36.1. The number of fused-ring (bicyclic) bond motifs is 3. The fourth-order valence-electron chi connectivity index (χ4n) is 6.92. The van der Waals surface area contributed by atoms with Gasteiger partial charge >= 0.3 is 11.8 Å². The molecule has 9 heteroatoms. The van der Waals surface area contributed by atoms with Crippen molar-refractivity contribution in [3.63, 3.8) is 0 Å². The highest BCUT2D eigenvalue weighted by atomic mass is 16.6. The van der Waals surface area contributed by atoms with E-state index >= 15 is 0 Å². The van der Waals surface area contributed by atoms with Crippen LogP contribution in [-0.4, -0.2) is 74.6 Å². The summed E-state index contributed by atoms with van der Waals surface area (Å²) in [4.78, 5) is 42.9. The molecule has 2 bridgehead atoms. The molecular weight excluding hydrogens is 574 g/mol. The highest BCUT2D eigenvalue weighted by molar-refractivity contribution is 6.09. The zero-order valence-corrected chi connectivity index (χ0v) is 27.1. The fourth-order valence-corrected chi connectivity index (χ4v) is 6.92. The monoisotopic (exact) mass is 625 g/mol. The number of aliphatic hydroxyl groups is 2. The van der Waals surface area contributed by atoms with E-state index in [-0.39, 0.29) is 24.1 Å². The third kappa shape index (κ3) is 8.23. The van der Waals surface area contributed by atoms with E-state index in [9.17, 15) is 29.7 Å². The van der Waals surface area contributed by atoms with Crippen molar-refractivity contribution in [2.45, 2.75) is 116 Å². The summed E-state index contributed by atoms with van der Waals surface area (Å²) in [7, 11) is 0. The van der Waals surface area contributed by atoms with Gasteiger partial charge in [-0.05, 0) is 87.5 Å². The number of Topliss-reactive ketones (excluding diaryl/α,β-unsaturated/α-hetero) is 1. The largest absolute Gasteiger partial charge is 0.508 e. The number of phenolic OH excluding ortho intramolecular Hbond substituents is 1. The lowest BCUT2D eigenvalue weighted by molar-refractivity contribution is -0.237. The Morgan fingerprint density at radius 1 is 1.04 bits per heavy atom. The molecule has 0 radical (unpaired) electrons. The SMILES string of the molecule is CC[C@H](Cc1cccc(O)c1)[C@@H]1/C=C\C/C=C\C[C@@H](C)[C@H](O)[C@@H](C)[C@@H]2CC[C@@H](C)C(=O)[C@@](O)(O2)C(=O)N2CCCC[C@H]2C(=O)O1. The minimum Gasteiger partial charge on any atom is -0.508 e. The molecule has 0 spiro atoms. The van der Waals surface area contributed by atoms with Gasteiger partial charge in [0.25, 0.3) is 5.91 Å². The van der Waals surface area contributed by atoms with Gasteiger partial charge in [0.1, 0.15) is 17.9 Å². The molecule has 0 aliphatic carbocycles. The number of amides is 1. The van der Waals surface area contributed by atoms with E-state index in [0.29, 0.717) is 57.8 Å². The summed E-state index contributed by atoms with van der Waals surface area (Å²) in [5.41, 5.74) is 0.914. The maximum absolute atomic E-state index is 14.2. The topological polar surface area (TPSA) is 134 Å². The molecule has 1 aromatic carbocycles. The maximum atomic E-state index is 14.2. The van der Waals surface area contributed by atoms with Crippen LogP contribution >= 0.6 is 0 Å². The molecule has 9 atom stereocenters. The summed E-state index contributed by atoms with van der Waals surface area (Å²) >= 11 is 0. The number of hydrogen-bond acceptors (Lipinski definition) is 8. The van der Waals surface area contributed by atoms with Gasteiger partial charge in [0.05, 0.1) is 12.2 Å². The molecule has 3 aliphatic heterocycles. The number of aliphatic hydroxyl groups excluding tert-OH is 1. The highest BCUT2D eigenvalue weighted by Crippen LogP contribution is 2.36. The molecule has 3 aliphatic rings. The van der Waals surface area contributed by atoms with E-state index in [0.717, 1.165) is 5.56 Å². The van der Waals surface area contributed by atoms with E-state index in [2.05, 4.69) is 0 Å². The molecule has 248 valence electrons. The minimum atomic E-state index is -2.76. The summed E-state index contributed by atoms with van der Waals surface area (Å²) in [6.45, 7) is 7.64. The van der Waals surface area contributed by atoms with Gasteiger partial charge in [-0.15, -0.1) is 0 Å². The van der Waals surface area contributed by atoms with Crippen LogP contribution in [-0.2, 0) is 30.3 Å². The van der Waals surface area contributed by atoms with Gasteiger partial charge < -0.3 is 29.7 Å². The Morgan fingerprint density at radius 3 is 2.56 bits per heavy atom. The van der Waals surface area contributed by atoms with Gasteiger partial charge in [0.2, 0.25) is 5.78 Å². The zero-order valence-electron chi connectivity index (χ0n) is 27.1. The van der Waals surface area contributed by atoms with Gasteiger partial charge in [-0.25, -0.2) is 4.79 Å². The Kier molecular flexibility index (Phi) is 12.0. The van der Waals surface area contributed by atoms with Crippen LogP contribution in [0.3, 0.4) is 0 Å². The van der Waals surface area contributed by atoms with Gasteiger partial charge in [0, 0.05) is 24.3 Å². The smallest absolute Gasteiger partial charge is 0.329 e. The number of hydrogen-bond donors (Lipinski definition) is 3. The fraction of sp³-hybridized carbons (Fsp3) is 0.639. The van der Waals surface area contributed by atoms with Crippen LogP contribution in [0.15, 0.2) is 48.6 Å². The number of esters is 1. The highest BCUT2D eigenvalue weighted by Gasteiger charge is 2.55. The molecule has 3 N–H and O–H groups in total. The number of carbonyl (C=O) groups is 3. The standard InChI is InChI=1S/C36H51NO8/c1-5-27(21-26-14-12-15-28(38)22-26)31-17-9-7-6-8-13-23(2)32(39)25(4)30-19-18-24(3)33(40)36(43,45-30)35(42)37-20-11-10-16-29(37)34(41)44-31/h6,8-9,12,14-15,17,22-25,27,29-32,38-39,43H,5,7,10-11,13,16,18-21H2,1-4H3/b8-6-,17-9-/t23-,24-,25+,27-,29+,30+,31+,32+,36-/m1/s1. The number of nitrogens with zero attached hydrogens (tertiary/aromatic N) is 1. The number of ether oxygens (including phenoxy) is 2. The Morgan fingerprint density at radius 2 is 1.82 bits per heavy atom. The second-order valence-corrected chi connectivity index (χ2v) is 13.3. The lowest BCUT2D eigenvalue weighted by Crippen LogP contribution is -2.62. The van der Waals surface area contributed by atoms with Crippen molar-refractivity contribution in [3.8, 4) is 5.75 Å². The second-order valence-electron chi connectivity index (χ2n) is 13.3. The number of phenols is 1. The Balaban J connectivity index is 1.71. The van der Waals surface area contributed by atoms with Crippen molar-refractivity contribution in [3.05, 3.63) is 54.1 Å². The first-order chi connectivity index (χ1) is 21.5. The first kappa shape index (κ1) is 34.9. The lowest BCUT2D eigenvalue weighted by atomic mass is 9.85. The Hall–Kier alpha value is -3.01. The Labute approximate surface area is 267 Å². The van der Waals surface area contributed by atoms with Crippen LogP contribution in [0, 0.1) is 23.7 Å². The molecule has 2 saturated heterocycles. The number of cyclic esters (lactones) is 1. The molecule has 9 nitrogen and oxygen atoms in total. The van der Waals surface area contributed by atoms with Crippen molar-refractivity contribution in [2.24, 2.45) is 23.7 Å². The number of aromatic hydroxyl groups is 1.